The Morgan fingerprint density at radius 3 is 2.57 bits per heavy atom. The summed E-state index contributed by atoms with van der Waals surface area (Å²) >= 11 is 11.4. The number of carbonyl (C=O) groups is 2. The first-order valence-electron chi connectivity index (χ1n) is 8.48. The molecule has 2 aromatic rings. The largest absolute Gasteiger partial charge is 0.487 e. The van der Waals surface area contributed by atoms with Crippen molar-refractivity contribution in [2.24, 2.45) is 0 Å². The van der Waals surface area contributed by atoms with E-state index in [0.29, 0.717) is 28.1 Å². The Bertz CT molecular complexity index is 973. The molecule has 0 bridgehead atoms. The van der Waals surface area contributed by atoms with Crippen LogP contribution < -0.4 is 10.1 Å². The van der Waals surface area contributed by atoms with E-state index in [9.17, 15) is 9.59 Å². The van der Waals surface area contributed by atoms with Gasteiger partial charge < -0.3 is 15.2 Å². The van der Waals surface area contributed by atoms with Crippen LogP contribution in [-0.2, 0) is 11.4 Å². The number of likely N-dealkylation sites (N-methyl/N-ethyl adjacent to an activating group) is 1. The number of carboxylic acid groups (broad SMARTS) is 1. The molecule has 0 aromatic heterocycles. The highest BCUT2D eigenvalue weighted by Gasteiger charge is 2.28. The zero-order chi connectivity index (χ0) is 20.3. The highest BCUT2D eigenvalue weighted by Crippen LogP contribution is 2.27. The van der Waals surface area contributed by atoms with Gasteiger partial charge in [-0.15, -0.1) is 0 Å². The lowest BCUT2D eigenvalue weighted by Crippen LogP contribution is -2.30. The first kappa shape index (κ1) is 19.9. The number of carboxylic acids is 1. The number of nitrogens with zero attached hydrogens (tertiary/aromatic N) is 1. The number of carbonyl (C=O) groups excluding carboxylic acids is 1. The van der Waals surface area contributed by atoms with Crippen molar-refractivity contribution in [1.82, 2.24) is 10.2 Å². The van der Waals surface area contributed by atoms with Gasteiger partial charge in [0.1, 0.15) is 18.1 Å². The standard InChI is InChI=1S/C20H17ClN2O4S/c1-2-23-18(24)16(22-20(23)28)10-13-5-8-17(15(21)9-13)27-11-12-3-6-14(7-4-12)19(25)26/h3-10H,2,11H2,1H3,(H,22,28)(H,25,26)/b16-10-. The summed E-state index contributed by atoms with van der Waals surface area (Å²) in [4.78, 5) is 24.6. The van der Waals surface area contributed by atoms with Gasteiger partial charge in [-0.2, -0.15) is 0 Å². The Hall–Kier alpha value is -2.90. The monoisotopic (exact) mass is 416 g/mol. The average molecular weight is 417 g/mol. The van der Waals surface area contributed by atoms with Gasteiger partial charge in [0.2, 0.25) is 0 Å². The highest BCUT2D eigenvalue weighted by molar-refractivity contribution is 7.80. The molecule has 144 valence electrons. The van der Waals surface area contributed by atoms with Crippen LogP contribution in [0.4, 0.5) is 0 Å². The maximum atomic E-state index is 12.2. The molecule has 1 saturated heterocycles. The number of aromatic carboxylic acids is 1. The SMILES string of the molecule is CCN1C(=O)/C(=C/c2ccc(OCc3ccc(C(=O)O)cc3)c(Cl)c2)NC1=S. The minimum absolute atomic E-state index is 0.172. The maximum absolute atomic E-state index is 12.2. The van der Waals surface area contributed by atoms with E-state index in [1.807, 2.05) is 6.92 Å². The Balaban J connectivity index is 1.69. The molecule has 0 atom stereocenters. The van der Waals surface area contributed by atoms with Crippen LogP contribution in [0.2, 0.25) is 5.02 Å². The smallest absolute Gasteiger partial charge is 0.335 e. The van der Waals surface area contributed by atoms with Gasteiger partial charge in [-0.1, -0.05) is 29.8 Å². The molecule has 1 aliphatic heterocycles. The molecule has 0 spiro atoms. The van der Waals surface area contributed by atoms with Crippen molar-refractivity contribution in [1.29, 1.82) is 0 Å². The first-order valence-corrected chi connectivity index (χ1v) is 9.26. The number of nitrogens with one attached hydrogen (secondary N) is 1. The summed E-state index contributed by atoms with van der Waals surface area (Å²) in [6.45, 7) is 2.61. The molecular formula is C20H17ClN2O4S. The quantitative estimate of drug-likeness (QED) is 0.552. The normalized spacial score (nSPS) is 15.1. The topological polar surface area (TPSA) is 78.9 Å². The van der Waals surface area contributed by atoms with Gasteiger partial charge in [0.05, 0.1) is 10.6 Å². The zero-order valence-corrected chi connectivity index (χ0v) is 16.5. The Morgan fingerprint density at radius 2 is 2.00 bits per heavy atom. The molecule has 1 fully saturated rings. The van der Waals surface area contributed by atoms with Crippen molar-refractivity contribution in [2.45, 2.75) is 13.5 Å². The van der Waals surface area contributed by atoms with Gasteiger partial charge in [0, 0.05) is 6.54 Å². The molecule has 6 nitrogen and oxygen atoms in total. The molecule has 0 radical (unpaired) electrons. The molecule has 1 aliphatic rings. The van der Waals surface area contributed by atoms with E-state index in [1.165, 1.54) is 17.0 Å². The Kier molecular flexibility index (Phi) is 5.96. The lowest BCUT2D eigenvalue weighted by Gasteiger charge is -2.09. The molecule has 2 N–H and O–H groups in total. The van der Waals surface area contributed by atoms with Crippen molar-refractivity contribution < 1.29 is 19.4 Å². The van der Waals surface area contributed by atoms with Crippen LogP contribution in [0.3, 0.4) is 0 Å². The predicted molar refractivity (Wildman–Crippen MR) is 110 cm³/mol. The van der Waals surface area contributed by atoms with Crippen molar-refractivity contribution in [3.63, 3.8) is 0 Å². The molecule has 0 aliphatic carbocycles. The minimum atomic E-state index is -0.974. The third-order valence-electron chi connectivity index (χ3n) is 4.14. The summed E-state index contributed by atoms with van der Waals surface area (Å²) in [5, 5.41) is 12.6. The van der Waals surface area contributed by atoms with Crippen molar-refractivity contribution >= 4 is 46.9 Å². The molecule has 2 aromatic carbocycles. The Morgan fingerprint density at radius 1 is 1.29 bits per heavy atom. The van der Waals surface area contributed by atoms with Crippen LogP contribution in [0.25, 0.3) is 6.08 Å². The zero-order valence-electron chi connectivity index (χ0n) is 14.9. The molecular weight excluding hydrogens is 400 g/mol. The van der Waals surface area contributed by atoms with Crippen LogP contribution >= 0.6 is 23.8 Å². The number of hydrogen-bond acceptors (Lipinski definition) is 4. The third kappa shape index (κ3) is 4.32. The van der Waals surface area contributed by atoms with E-state index in [-0.39, 0.29) is 18.1 Å². The van der Waals surface area contributed by atoms with Crippen LogP contribution in [0, 0.1) is 0 Å². The van der Waals surface area contributed by atoms with Crippen molar-refractivity contribution in [3.05, 3.63) is 69.9 Å². The van der Waals surface area contributed by atoms with E-state index in [0.717, 1.165) is 11.1 Å². The van der Waals surface area contributed by atoms with Crippen LogP contribution in [0.15, 0.2) is 48.2 Å². The number of ether oxygens (including phenoxy) is 1. The molecule has 1 amide bonds. The second kappa shape index (κ2) is 8.41. The lowest BCUT2D eigenvalue weighted by molar-refractivity contribution is -0.122. The summed E-state index contributed by atoms with van der Waals surface area (Å²) < 4.78 is 5.71. The number of rotatable bonds is 6. The number of benzene rings is 2. The summed E-state index contributed by atoms with van der Waals surface area (Å²) in [6, 6.07) is 11.6. The number of thiocarbonyl (C=S) groups is 1. The summed E-state index contributed by atoms with van der Waals surface area (Å²) in [6.07, 6.45) is 1.69. The molecule has 28 heavy (non-hydrogen) atoms. The van der Waals surface area contributed by atoms with E-state index >= 15 is 0 Å². The maximum Gasteiger partial charge on any atom is 0.335 e. The van der Waals surface area contributed by atoms with E-state index in [1.54, 1.807) is 36.4 Å². The van der Waals surface area contributed by atoms with E-state index < -0.39 is 5.97 Å². The fourth-order valence-electron chi connectivity index (χ4n) is 2.65. The van der Waals surface area contributed by atoms with Crippen LogP contribution in [0.5, 0.6) is 5.75 Å². The third-order valence-corrected chi connectivity index (χ3v) is 4.76. The predicted octanol–water partition coefficient (Wildman–Crippen LogP) is 3.69. The summed E-state index contributed by atoms with van der Waals surface area (Å²) in [5.41, 5.74) is 2.17. The number of hydrogen-bond donors (Lipinski definition) is 2. The fraction of sp³-hybridized carbons (Fsp3) is 0.150. The lowest BCUT2D eigenvalue weighted by atomic mass is 10.1. The molecule has 0 saturated carbocycles. The van der Waals surface area contributed by atoms with Gasteiger partial charge in [-0.25, -0.2) is 4.79 Å². The van der Waals surface area contributed by atoms with E-state index in [2.05, 4.69) is 5.32 Å². The highest BCUT2D eigenvalue weighted by atomic mass is 35.5. The van der Waals surface area contributed by atoms with Crippen LogP contribution in [0.1, 0.15) is 28.4 Å². The summed E-state index contributed by atoms with van der Waals surface area (Å²) in [5.74, 6) is -0.658. The minimum Gasteiger partial charge on any atom is -0.487 e. The van der Waals surface area contributed by atoms with Crippen molar-refractivity contribution in [3.8, 4) is 5.75 Å². The van der Waals surface area contributed by atoms with E-state index in [4.69, 9.17) is 33.7 Å². The molecule has 3 rings (SSSR count). The van der Waals surface area contributed by atoms with Gasteiger partial charge in [-0.3, -0.25) is 9.69 Å². The number of amides is 1. The fourth-order valence-corrected chi connectivity index (χ4v) is 3.22. The molecule has 8 heteroatoms. The molecule has 0 unspecified atom stereocenters. The average Bonchev–Trinajstić information content (AvgIpc) is 2.94. The van der Waals surface area contributed by atoms with Crippen molar-refractivity contribution in [2.75, 3.05) is 6.54 Å². The second-order valence-corrected chi connectivity index (χ2v) is 6.81. The van der Waals surface area contributed by atoms with Gasteiger partial charge in [-0.05, 0) is 60.6 Å². The number of halogens is 1. The summed E-state index contributed by atoms with van der Waals surface area (Å²) in [7, 11) is 0. The van der Waals surface area contributed by atoms with Gasteiger partial charge in [0.15, 0.2) is 5.11 Å². The Labute approximate surface area is 172 Å². The molecule has 1 heterocycles. The van der Waals surface area contributed by atoms with Gasteiger partial charge in [0.25, 0.3) is 5.91 Å². The van der Waals surface area contributed by atoms with Crippen LogP contribution in [-0.4, -0.2) is 33.5 Å². The van der Waals surface area contributed by atoms with Gasteiger partial charge >= 0.3 is 5.97 Å². The second-order valence-electron chi connectivity index (χ2n) is 6.02. The first-order chi connectivity index (χ1) is 13.4.